The monoisotopic (exact) mass is 278 g/mol. The average Bonchev–Trinajstić information content (AvgIpc) is 2.64. The van der Waals surface area contributed by atoms with Gasteiger partial charge in [-0.05, 0) is 50.0 Å². The first-order valence-corrected chi connectivity index (χ1v) is 7.59. The molecular formula is C19H22N2. The van der Waals surface area contributed by atoms with Crippen molar-refractivity contribution < 1.29 is 0 Å². The van der Waals surface area contributed by atoms with Crippen molar-refractivity contribution in [2.75, 3.05) is 20.6 Å². The molecular weight excluding hydrogens is 256 g/mol. The topological polar surface area (TPSA) is 27.1 Å². The molecule has 0 unspecified atom stereocenters. The van der Waals surface area contributed by atoms with Gasteiger partial charge in [0.1, 0.15) is 0 Å². The van der Waals surface area contributed by atoms with Crippen LogP contribution in [0.2, 0.25) is 0 Å². The number of rotatable bonds is 3. The SMILES string of the molecule is CN(C)CCc1cccc2c1CCc1ccccc1C2=N. The van der Waals surface area contributed by atoms with E-state index in [2.05, 4.69) is 55.4 Å². The lowest BCUT2D eigenvalue weighted by molar-refractivity contribution is 0.413. The lowest BCUT2D eigenvalue weighted by Crippen LogP contribution is -2.16. The molecule has 0 atom stereocenters. The Balaban J connectivity index is 2.02. The fraction of sp³-hybridized carbons (Fsp3) is 0.316. The number of benzene rings is 2. The van der Waals surface area contributed by atoms with E-state index in [9.17, 15) is 0 Å². The molecule has 2 heteroatoms. The summed E-state index contributed by atoms with van der Waals surface area (Å²) in [4.78, 5) is 2.22. The molecule has 2 aromatic rings. The Labute approximate surface area is 126 Å². The highest BCUT2D eigenvalue weighted by Gasteiger charge is 2.19. The zero-order valence-corrected chi connectivity index (χ0v) is 12.8. The Morgan fingerprint density at radius 2 is 1.71 bits per heavy atom. The summed E-state index contributed by atoms with van der Waals surface area (Å²) in [7, 11) is 4.22. The molecule has 0 spiro atoms. The van der Waals surface area contributed by atoms with Crippen molar-refractivity contribution in [2.24, 2.45) is 0 Å². The summed E-state index contributed by atoms with van der Waals surface area (Å²) >= 11 is 0. The molecule has 0 amide bonds. The largest absolute Gasteiger partial charge is 0.309 e. The summed E-state index contributed by atoms with van der Waals surface area (Å²) in [6.07, 6.45) is 3.13. The minimum atomic E-state index is 0.685. The maximum absolute atomic E-state index is 8.60. The van der Waals surface area contributed by atoms with Crippen molar-refractivity contribution in [1.29, 1.82) is 5.41 Å². The molecule has 0 fully saturated rings. The van der Waals surface area contributed by atoms with Crippen LogP contribution in [0.15, 0.2) is 42.5 Å². The highest BCUT2D eigenvalue weighted by atomic mass is 15.0. The van der Waals surface area contributed by atoms with E-state index in [-0.39, 0.29) is 0 Å². The van der Waals surface area contributed by atoms with Gasteiger partial charge in [0.05, 0.1) is 5.71 Å². The molecule has 0 aliphatic heterocycles. The van der Waals surface area contributed by atoms with Crippen LogP contribution in [0.1, 0.15) is 27.8 Å². The molecule has 0 bridgehead atoms. The molecule has 0 radical (unpaired) electrons. The van der Waals surface area contributed by atoms with E-state index in [4.69, 9.17) is 5.41 Å². The van der Waals surface area contributed by atoms with E-state index in [0.717, 1.165) is 36.9 Å². The van der Waals surface area contributed by atoms with Crippen LogP contribution in [0.4, 0.5) is 0 Å². The second-order valence-corrected chi connectivity index (χ2v) is 6.03. The molecule has 1 aliphatic carbocycles. The summed E-state index contributed by atoms with van der Waals surface area (Å²) in [5, 5.41) is 8.60. The Morgan fingerprint density at radius 3 is 2.52 bits per heavy atom. The fourth-order valence-electron chi connectivity index (χ4n) is 3.13. The van der Waals surface area contributed by atoms with Gasteiger partial charge in [-0.15, -0.1) is 0 Å². The molecule has 0 saturated heterocycles. The van der Waals surface area contributed by atoms with Crippen LogP contribution < -0.4 is 0 Å². The summed E-state index contributed by atoms with van der Waals surface area (Å²) in [6.45, 7) is 1.05. The minimum Gasteiger partial charge on any atom is -0.309 e. The van der Waals surface area contributed by atoms with Crippen LogP contribution in [0.5, 0.6) is 0 Å². The number of hydrogen-bond donors (Lipinski definition) is 1. The molecule has 0 aromatic heterocycles. The van der Waals surface area contributed by atoms with E-state index in [1.165, 1.54) is 16.7 Å². The Kier molecular flexibility index (Phi) is 3.89. The molecule has 1 aliphatic rings. The molecule has 3 rings (SSSR count). The van der Waals surface area contributed by atoms with E-state index in [1.807, 2.05) is 6.07 Å². The third kappa shape index (κ3) is 2.77. The minimum absolute atomic E-state index is 0.685. The van der Waals surface area contributed by atoms with Crippen molar-refractivity contribution in [3.05, 3.63) is 70.3 Å². The Bertz CT molecular complexity index is 671. The molecule has 21 heavy (non-hydrogen) atoms. The smallest absolute Gasteiger partial charge is 0.0690 e. The van der Waals surface area contributed by atoms with Gasteiger partial charge in [0.25, 0.3) is 0 Å². The van der Waals surface area contributed by atoms with E-state index >= 15 is 0 Å². The molecule has 1 N–H and O–H groups in total. The average molecular weight is 278 g/mol. The first kappa shape index (κ1) is 14.0. The predicted molar refractivity (Wildman–Crippen MR) is 88.5 cm³/mol. The second-order valence-electron chi connectivity index (χ2n) is 6.03. The highest BCUT2D eigenvalue weighted by molar-refractivity contribution is 6.13. The summed E-state index contributed by atoms with van der Waals surface area (Å²) in [5.41, 5.74) is 6.98. The van der Waals surface area contributed by atoms with E-state index < -0.39 is 0 Å². The highest BCUT2D eigenvalue weighted by Crippen LogP contribution is 2.27. The lowest BCUT2D eigenvalue weighted by Gasteiger charge is -2.15. The molecule has 108 valence electrons. The van der Waals surface area contributed by atoms with Crippen LogP contribution in [-0.4, -0.2) is 31.3 Å². The second kappa shape index (κ2) is 5.82. The van der Waals surface area contributed by atoms with Crippen LogP contribution >= 0.6 is 0 Å². The third-order valence-corrected chi connectivity index (χ3v) is 4.30. The number of nitrogens with one attached hydrogen (secondary N) is 1. The summed E-state index contributed by atoms with van der Waals surface area (Å²) in [5.74, 6) is 0. The van der Waals surface area contributed by atoms with Crippen molar-refractivity contribution in [3.63, 3.8) is 0 Å². The Morgan fingerprint density at radius 1 is 0.952 bits per heavy atom. The first-order chi connectivity index (χ1) is 10.2. The van der Waals surface area contributed by atoms with Crippen LogP contribution in [0.3, 0.4) is 0 Å². The van der Waals surface area contributed by atoms with Crippen molar-refractivity contribution in [3.8, 4) is 0 Å². The van der Waals surface area contributed by atoms with Gasteiger partial charge in [0.15, 0.2) is 0 Å². The normalized spacial score (nSPS) is 13.8. The number of nitrogens with zero attached hydrogens (tertiary/aromatic N) is 1. The lowest BCUT2D eigenvalue weighted by atomic mass is 9.93. The zero-order valence-electron chi connectivity index (χ0n) is 12.8. The number of fused-ring (bicyclic) bond motifs is 2. The Hall–Kier alpha value is -1.93. The van der Waals surface area contributed by atoms with E-state index in [0.29, 0.717) is 5.71 Å². The van der Waals surface area contributed by atoms with Crippen LogP contribution in [0.25, 0.3) is 0 Å². The third-order valence-electron chi connectivity index (χ3n) is 4.30. The van der Waals surface area contributed by atoms with Gasteiger partial charge in [-0.2, -0.15) is 0 Å². The quantitative estimate of drug-likeness (QED) is 0.916. The van der Waals surface area contributed by atoms with Gasteiger partial charge in [0, 0.05) is 17.7 Å². The summed E-state index contributed by atoms with van der Waals surface area (Å²) in [6, 6.07) is 14.8. The van der Waals surface area contributed by atoms with Gasteiger partial charge in [-0.1, -0.05) is 42.5 Å². The van der Waals surface area contributed by atoms with Gasteiger partial charge >= 0.3 is 0 Å². The maximum Gasteiger partial charge on any atom is 0.0690 e. The van der Waals surface area contributed by atoms with Crippen molar-refractivity contribution in [1.82, 2.24) is 4.90 Å². The summed E-state index contributed by atoms with van der Waals surface area (Å²) < 4.78 is 0. The molecule has 2 aromatic carbocycles. The van der Waals surface area contributed by atoms with E-state index in [1.54, 1.807) is 0 Å². The number of hydrogen-bond acceptors (Lipinski definition) is 2. The first-order valence-electron chi connectivity index (χ1n) is 7.59. The predicted octanol–water partition coefficient (Wildman–Crippen LogP) is 3.31. The number of aryl methyl sites for hydroxylation is 1. The zero-order chi connectivity index (χ0) is 14.8. The maximum atomic E-state index is 8.60. The fourth-order valence-corrected chi connectivity index (χ4v) is 3.13. The van der Waals surface area contributed by atoms with Gasteiger partial charge in [-0.25, -0.2) is 0 Å². The molecule has 2 nitrogen and oxygen atoms in total. The van der Waals surface area contributed by atoms with Crippen molar-refractivity contribution >= 4 is 5.71 Å². The van der Waals surface area contributed by atoms with Crippen molar-refractivity contribution in [2.45, 2.75) is 19.3 Å². The van der Waals surface area contributed by atoms with Crippen LogP contribution in [-0.2, 0) is 19.3 Å². The standard InChI is InChI=1S/C19H22N2/c1-21(2)13-12-15-7-5-9-18-16(15)11-10-14-6-3-4-8-17(14)19(18)20/h3-9,20H,10-13H2,1-2H3. The van der Waals surface area contributed by atoms with Crippen LogP contribution in [0, 0.1) is 5.41 Å². The van der Waals surface area contributed by atoms with Gasteiger partial charge in [0.2, 0.25) is 0 Å². The van der Waals surface area contributed by atoms with Gasteiger partial charge in [-0.3, -0.25) is 5.41 Å². The van der Waals surface area contributed by atoms with Gasteiger partial charge < -0.3 is 4.90 Å². The molecule has 0 saturated carbocycles. The number of likely N-dealkylation sites (N-methyl/N-ethyl adjacent to an activating group) is 1. The molecule has 0 heterocycles.